The zero-order chi connectivity index (χ0) is 13.4. The zero-order valence-corrected chi connectivity index (χ0v) is 11.5. The molecular weight excluding hydrogens is 254 g/mol. The molecule has 1 rings (SSSR count). The van der Waals surface area contributed by atoms with Crippen LogP contribution >= 0.6 is 11.8 Å². The SMILES string of the molecule is CCN(CC(=O)O)C(=O)NCCN1CCSCC1. The maximum Gasteiger partial charge on any atom is 0.323 e. The van der Waals surface area contributed by atoms with Crippen molar-refractivity contribution in [3.05, 3.63) is 0 Å². The molecule has 18 heavy (non-hydrogen) atoms. The number of carbonyl (C=O) groups is 2. The fourth-order valence-electron chi connectivity index (χ4n) is 1.75. The molecule has 0 unspecified atom stereocenters. The van der Waals surface area contributed by atoms with E-state index >= 15 is 0 Å². The van der Waals surface area contributed by atoms with Gasteiger partial charge in [-0.05, 0) is 6.92 Å². The predicted molar refractivity (Wildman–Crippen MR) is 72.0 cm³/mol. The number of urea groups is 1. The molecule has 0 aromatic rings. The smallest absolute Gasteiger partial charge is 0.323 e. The van der Waals surface area contributed by atoms with Crippen LogP contribution in [0.1, 0.15) is 6.92 Å². The second-order valence-corrected chi connectivity index (χ2v) is 5.32. The van der Waals surface area contributed by atoms with E-state index in [9.17, 15) is 9.59 Å². The van der Waals surface area contributed by atoms with Crippen LogP contribution in [0.15, 0.2) is 0 Å². The Labute approximate surface area is 112 Å². The first-order chi connectivity index (χ1) is 8.63. The molecule has 0 bridgehead atoms. The normalized spacial score (nSPS) is 16.3. The fourth-order valence-corrected chi connectivity index (χ4v) is 2.73. The van der Waals surface area contributed by atoms with E-state index in [0.717, 1.165) is 31.1 Å². The van der Waals surface area contributed by atoms with E-state index in [1.165, 1.54) is 4.90 Å². The average Bonchev–Trinajstić information content (AvgIpc) is 2.36. The van der Waals surface area contributed by atoms with Crippen molar-refractivity contribution in [3.8, 4) is 0 Å². The summed E-state index contributed by atoms with van der Waals surface area (Å²) in [6.07, 6.45) is 0. The van der Waals surface area contributed by atoms with Crippen molar-refractivity contribution in [2.75, 3.05) is 50.8 Å². The molecular formula is C11H21N3O3S. The number of hydrogen-bond donors (Lipinski definition) is 2. The standard InChI is InChI=1S/C11H21N3O3S/c1-2-14(9-10(15)16)11(17)12-3-4-13-5-7-18-8-6-13/h2-9H2,1H3,(H,12,17)(H,15,16). The summed E-state index contributed by atoms with van der Waals surface area (Å²) in [7, 11) is 0. The summed E-state index contributed by atoms with van der Waals surface area (Å²) in [6, 6.07) is -0.300. The number of hydrogen-bond acceptors (Lipinski definition) is 4. The molecule has 1 heterocycles. The third kappa shape index (κ3) is 5.59. The predicted octanol–water partition coefficient (Wildman–Crippen LogP) is 0.151. The maximum absolute atomic E-state index is 11.7. The average molecular weight is 275 g/mol. The van der Waals surface area contributed by atoms with Crippen molar-refractivity contribution >= 4 is 23.8 Å². The number of likely N-dealkylation sites (N-methyl/N-ethyl adjacent to an activating group) is 1. The van der Waals surface area contributed by atoms with Gasteiger partial charge >= 0.3 is 12.0 Å². The van der Waals surface area contributed by atoms with Crippen LogP contribution in [0.2, 0.25) is 0 Å². The van der Waals surface area contributed by atoms with Gasteiger partial charge in [0.05, 0.1) is 0 Å². The Morgan fingerprint density at radius 3 is 2.61 bits per heavy atom. The van der Waals surface area contributed by atoms with E-state index in [1.807, 2.05) is 11.8 Å². The molecule has 0 atom stereocenters. The number of carbonyl (C=O) groups excluding carboxylic acids is 1. The second-order valence-electron chi connectivity index (χ2n) is 4.09. The van der Waals surface area contributed by atoms with E-state index in [2.05, 4.69) is 10.2 Å². The summed E-state index contributed by atoms with van der Waals surface area (Å²) in [5.74, 6) is 1.31. The third-order valence-electron chi connectivity index (χ3n) is 2.80. The van der Waals surface area contributed by atoms with E-state index in [1.54, 1.807) is 6.92 Å². The summed E-state index contributed by atoms with van der Waals surface area (Å²) < 4.78 is 0. The number of aliphatic carboxylic acids is 1. The first-order valence-corrected chi connectivity index (χ1v) is 7.33. The number of nitrogens with one attached hydrogen (secondary N) is 1. The van der Waals surface area contributed by atoms with E-state index in [0.29, 0.717) is 13.1 Å². The number of thioether (sulfide) groups is 1. The van der Waals surface area contributed by atoms with Gasteiger partial charge in [-0.25, -0.2) is 4.79 Å². The van der Waals surface area contributed by atoms with Crippen molar-refractivity contribution in [1.29, 1.82) is 0 Å². The minimum atomic E-state index is -0.986. The highest BCUT2D eigenvalue weighted by molar-refractivity contribution is 7.99. The van der Waals surface area contributed by atoms with Gasteiger partial charge in [-0.2, -0.15) is 11.8 Å². The molecule has 1 fully saturated rings. The molecule has 0 aromatic heterocycles. The number of rotatable bonds is 6. The largest absolute Gasteiger partial charge is 0.480 e. The topological polar surface area (TPSA) is 72.9 Å². The monoisotopic (exact) mass is 275 g/mol. The lowest BCUT2D eigenvalue weighted by atomic mass is 10.4. The molecule has 1 aliphatic rings. The Balaban J connectivity index is 2.20. The molecule has 0 radical (unpaired) electrons. The van der Waals surface area contributed by atoms with Gasteiger partial charge < -0.3 is 15.3 Å². The molecule has 0 aromatic carbocycles. The Morgan fingerprint density at radius 2 is 2.06 bits per heavy atom. The highest BCUT2D eigenvalue weighted by Crippen LogP contribution is 2.07. The fraction of sp³-hybridized carbons (Fsp3) is 0.818. The van der Waals surface area contributed by atoms with E-state index < -0.39 is 5.97 Å². The highest BCUT2D eigenvalue weighted by atomic mass is 32.2. The summed E-state index contributed by atoms with van der Waals surface area (Å²) in [5, 5.41) is 11.4. The number of nitrogens with zero attached hydrogens (tertiary/aromatic N) is 2. The first kappa shape index (κ1) is 15.1. The molecule has 2 amide bonds. The lowest BCUT2D eigenvalue weighted by Gasteiger charge is -2.26. The van der Waals surface area contributed by atoms with Crippen LogP contribution in [0.3, 0.4) is 0 Å². The molecule has 1 saturated heterocycles. The van der Waals surface area contributed by atoms with Gasteiger partial charge in [0.1, 0.15) is 6.54 Å². The lowest BCUT2D eigenvalue weighted by molar-refractivity contribution is -0.137. The summed E-state index contributed by atoms with van der Waals surface area (Å²) in [5.41, 5.74) is 0. The van der Waals surface area contributed by atoms with Crippen molar-refractivity contribution in [1.82, 2.24) is 15.1 Å². The van der Waals surface area contributed by atoms with Crippen LogP contribution in [0.5, 0.6) is 0 Å². The van der Waals surface area contributed by atoms with Gasteiger partial charge in [0.2, 0.25) is 0 Å². The van der Waals surface area contributed by atoms with Crippen LogP contribution < -0.4 is 5.32 Å². The Morgan fingerprint density at radius 1 is 1.39 bits per heavy atom. The number of amides is 2. The Hall–Kier alpha value is -0.950. The van der Waals surface area contributed by atoms with E-state index in [4.69, 9.17) is 5.11 Å². The Kier molecular flexibility index (Phi) is 6.89. The lowest BCUT2D eigenvalue weighted by Crippen LogP contribution is -2.45. The molecule has 0 spiro atoms. The Bertz CT molecular complexity index is 283. The van der Waals surface area contributed by atoms with Crippen molar-refractivity contribution in [2.45, 2.75) is 6.92 Å². The van der Waals surface area contributed by atoms with Crippen LogP contribution in [-0.2, 0) is 4.79 Å². The minimum Gasteiger partial charge on any atom is -0.480 e. The van der Waals surface area contributed by atoms with Gasteiger partial charge in [-0.3, -0.25) is 9.69 Å². The highest BCUT2D eigenvalue weighted by Gasteiger charge is 2.15. The van der Waals surface area contributed by atoms with Crippen LogP contribution in [0.4, 0.5) is 4.79 Å². The first-order valence-electron chi connectivity index (χ1n) is 6.18. The number of carboxylic acids is 1. The molecule has 1 aliphatic heterocycles. The zero-order valence-electron chi connectivity index (χ0n) is 10.7. The van der Waals surface area contributed by atoms with Crippen LogP contribution in [-0.4, -0.2) is 77.7 Å². The van der Waals surface area contributed by atoms with Crippen molar-refractivity contribution < 1.29 is 14.7 Å². The van der Waals surface area contributed by atoms with Crippen LogP contribution in [0.25, 0.3) is 0 Å². The maximum atomic E-state index is 11.7. The van der Waals surface area contributed by atoms with Gasteiger partial charge in [0.15, 0.2) is 0 Å². The van der Waals surface area contributed by atoms with E-state index in [-0.39, 0.29) is 12.6 Å². The summed E-state index contributed by atoms with van der Waals surface area (Å²) >= 11 is 1.95. The molecule has 2 N–H and O–H groups in total. The third-order valence-corrected chi connectivity index (χ3v) is 3.75. The quantitative estimate of drug-likeness (QED) is 0.722. The summed E-state index contributed by atoms with van der Waals surface area (Å²) in [6.45, 7) is 5.45. The number of carboxylic acid groups (broad SMARTS) is 1. The molecule has 0 saturated carbocycles. The van der Waals surface area contributed by atoms with Crippen LogP contribution in [0, 0.1) is 0 Å². The molecule has 7 heteroatoms. The molecule has 6 nitrogen and oxygen atoms in total. The second kappa shape index (κ2) is 8.20. The van der Waals surface area contributed by atoms with Crippen molar-refractivity contribution in [2.24, 2.45) is 0 Å². The molecule has 104 valence electrons. The summed E-state index contributed by atoms with van der Waals surface area (Å²) in [4.78, 5) is 25.8. The van der Waals surface area contributed by atoms with Gasteiger partial charge in [0, 0.05) is 44.2 Å². The van der Waals surface area contributed by atoms with Gasteiger partial charge in [0.25, 0.3) is 0 Å². The molecule has 0 aliphatic carbocycles. The van der Waals surface area contributed by atoms with Crippen molar-refractivity contribution in [3.63, 3.8) is 0 Å². The van der Waals surface area contributed by atoms with Gasteiger partial charge in [-0.1, -0.05) is 0 Å². The minimum absolute atomic E-state index is 0.247. The van der Waals surface area contributed by atoms with Gasteiger partial charge in [-0.15, -0.1) is 0 Å².